The first-order valence-corrected chi connectivity index (χ1v) is 5.39. The number of halogens is 1. The van der Waals surface area contributed by atoms with Crippen LogP contribution in [0.2, 0.25) is 4.37 Å². The topological polar surface area (TPSA) is 0 Å². The molecule has 0 nitrogen and oxygen atoms in total. The van der Waals surface area contributed by atoms with Crippen molar-refractivity contribution in [3.05, 3.63) is 0 Å². The zero-order valence-corrected chi connectivity index (χ0v) is 8.33. The Morgan fingerprint density at radius 2 is 1.44 bits per heavy atom. The van der Waals surface area contributed by atoms with Crippen LogP contribution in [0.15, 0.2) is 0 Å². The molecule has 0 unspecified atom stereocenters. The van der Waals surface area contributed by atoms with Crippen molar-refractivity contribution in [1.82, 2.24) is 0 Å². The SMILES string of the molecule is FCCCCCC[CH2][Sb]. The van der Waals surface area contributed by atoms with Crippen LogP contribution in [0.1, 0.15) is 32.1 Å². The molecule has 2 radical (unpaired) electrons. The summed E-state index contributed by atoms with van der Waals surface area (Å²) >= 11 is 1.88. The zero-order valence-electron chi connectivity index (χ0n) is 5.77. The molecule has 0 aromatic rings. The third-order valence-electron chi connectivity index (χ3n) is 1.29. The van der Waals surface area contributed by atoms with Gasteiger partial charge in [0.2, 0.25) is 0 Å². The van der Waals surface area contributed by atoms with Gasteiger partial charge in [-0.25, -0.2) is 0 Å². The second-order valence-electron chi connectivity index (χ2n) is 2.18. The van der Waals surface area contributed by atoms with Crippen LogP contribution in [-0.4, -0.2) is 29.7 Å². The molecular formula is C7H14FSb. The Balaban J connectivity index is 2.60. The van der Waals surface area contributed by atoms with Crippen LogP contribution in [0, 0.1) is 0 Å². The monoisotopic (exact) mass is 238 g/mol. The zero-order chi connectivity index (χ0) is 6.95. The van der Waals surface area contributed by atoms with Crippen molar-refractivity contribution in [2.75, 3.05) is 6.67 Å². The molecule has 9 heavy (non-hydrogen) atoms. The van der Waals surface area contributed by atoms with E-state index in [4.69, 9.17) is 0 Å². The Morgan fingerprint density at radius 3 is 2.00 bits per heavy atom. The van der Waals surface area contributed by atoms with Crippen LogP contribution in [0.5, 0.6) is 0 Å². The first-order valence-electron chi connectivity index (χ1n) is 3.58. The van der Waals surface area contributed by atoms with E-state index in [0.717, 1.165) is 12.8 Å². The summed E-state index contributed by atoms with van der Waals surface area (Å²) in [6.07, 6.45) is 5.72. The van der Waals surface area contributed by atoms with Crippen molar-refractivity contribution >= 4 is 23.0 Å². The summed E-state index contributed by atoms with van der Waals surface area (Å²) < 4.78 is 12.8. The van der Waals surface area contributed by atoms with Gasteiger partial charge in [-0.1, -0.05) is 0 Å². The molecule has 0 aliphatic carbocycles. The molecule has 0 heterocycles. The Bertz CT molecular complexity index is 42.2. The second kappa shape index (κ2) is 8.75. The summed E-state index contributed by atoms with van der Waals surface area (Å²) in [5.74, 6) is 0. The fourth-order valence-corrected chi connectivity index (χ4v) is 1.37. The average Bonchev–Trinajstić information content (AvgIpc) is 1.89. The van der Waals surface area contributed by atoms with Gasteiger partial charge in [0.05, 0.1) is 0 Å². The Hall–Kier alpha value is 0.748. The van der Waals surface area contributed by atoms with E-state index in [1.165, 1.54) is 23.6 Å². The van der Waals surface area contributed by atoms with E-state index in [9.17, 15) is 4.39 Å². The molecule has 0 aliphatic heterocycles. The van der Waals surface area contributed by atoms with Crippen molar-refractivity contribution < 1.29 is 4.39 Å². The minimum atomic E-state index is -0.130. The maximum absolute atomic E-state index is 11.5. The van der Waals surface area contributed by atoms with E-state index in [-0.39, 0.29) is 6.67 Å². The normalized spacial score (nSPS) is 10.0. The first kappa shape index (κ1) is 9.75. The molecule has 0 spiro atoms. The number of hydrogen-bond acceptors (Lipinski definition) is 0. The maximum atomic E-state index is 11.5. The van der Waals surface area contributed by atoms with E-state index >= 15 is 0 Å². The molecule has 0 N–H and O–H groups in total. The Kier molecular flexibility index (Phi) is 9.48. The summed E-state index contributed by atoms with van der Waals surface area (Å²) in [7, 11) is 0. The predicted octanol–water partition coefficient (Wildman–Crippen LogP) is 2.49. The molecule has 0 fully saturated rings. The van der Waals surface area contributed by atoms with E-state index in [1.54, 1.807) is 0 Å². The van der Waals surface area contributed by atoms with Crippen molar-refractivity contribution in [1.29, 1.82) is 0 Å². The number of hydrogen-bond donors (Lipinski definition) is 0. The average molecular weight is 239 g/mol. The summed E-state index contributed by atoms with van der Waals surface area (Å²) in [6, 6.07) is 0. The molecule has 2 heteroatoms. The molecule has 0 saturated carbocycles. The van der Waals surface area contributed by atoms with Gasteiger partial charge < -0.3 is 0 Å². The summed E-state index contributed by atoms with van der Waals surface area (Å²) in [5.41, 5.74) is 0. The van der Waals surface area contributed by atoms with Crippen LogP contribution in [0.4, 0.5) is 4.39 Å². The van der Waals surface area contributed by atoms with Gasteiger partial charge in [0.1, 0.15) is 0 Å². The molecule has 54 valence electrons. The van der Waals surface area contributed by atoms with Gasteiger partial charge in [0, 0.05) is 0 Å². The first-order chi connectivity index (χ1) is 4.41. The van der Waals surface area contributed by atoms with Gasteiger partial charge in [-0.05, 0) is 0 Å². The van der Waals surface area contributed by atoms with Gasteiger partial charge in [0.15, 0.2) is 0 Å². The molecular weight excluding hydrogens is 225 g/mol. The molecule has 0 rings (SSSR count). The molecule has 0 saturated heterocycles. The number of rotatable bonds is 6. The van der Waals surface area contributed by atoms with Crippen molar-refractivity contribution in [3.63, 3.8) is 0 Å². The summed E-state index contributed by atoms with van der Waals surface area (Å²) in [4.78, 5) is 0. The third kappa shape index (κ3) is 8.75. The van der Waals surface area contributed by atoms with E-state index in [2.05, 4.69) is 0 Å². The molecule has 0 aromatic carbocycles. The standard InChI is InChI=1S/C7H14F.Sb/c1-2-3-4-5-6-7-8;/h1-7H2;. The molecule has 0 bridgehead atoms. The van der Waals surface area contributed by atoms with Gasteiger partial charge in [-0.2, -0.15) is 0 Å². The van der Waals surface area contributed by atoms with Gasteiger partial charge in [0.25, 0.3) is 0 Å². The van der Waals surface area contributed by atoms with Gasteiger partial charge in [-0.3, -0.25) is 0 Å². The Labute approximate surface area is 70.7 Å². The fourth-order valence-electron chi connectivity index (χ4n) is 0.737. The van der Waals surface area contributed by atoms with Crippen LogP contribution in [-0.2, 0) is 0 Å². The Morgan fingerprint density at radius 1 is 0.889 bits per heavy atom. The van der Waals surface area contributed by atoms with Crippen molar-refractivity contribution in [2.24, 2.45) is 0 Å². The molecule has 0 aromatic heterocycles. The minimum absolute atomic E-state index is 0.130. The molecule has 0 atom stereocenters. The number of unbranched alkanes of at least 4 members (excludes halogenated alkanes) is 4. The van der Waals surface area contributed by atoms with Crippen molar-refractivity contribution in [3.8, 4) is 0 Å². The van der Waals surface area contributed by atoms with E-state index in [1.807, 2.05) is 23.0 Å². The second-order valence-corrected chi connectivity index (χ2v) is 3.46. The summed E-state index contributed by atoms with van der Waals surface area (Å²) in [5, 5.41) is 0. The van der Waals surface area contributed by atoms with E-state index in [0.29, 0.717) is 0 Å². The van der Waals surface area contributed by atoms with Crippen LogP contribution >= 0.6 is 0 Å². The third-order valence-corrected chi connectivity index (χ3v) is 2.19. The molecule has 0 aliphatic rings. The van der Waals surface area contributed by atoms with Crippen LogP contribution in [0.3, 0.4) is 0 Å². The van der Waals surface area contributed by atoms with Crippen LogP contribution in [0.25, 0.3) is 0 Å². The van der Waals surface area contributed by atoms with Gasteiger partial charge >= 0.3 is 70.6 Å². The predicted molar refractivity (Wildman–Crippen MR) is 39.6 cm³/mol. The van der Waals surface area contributed by atoms with Crippen LogP contribution < -0.4 is 0 Å². The van der Waals surface area contributed by atoms with Crippen molar-refractivity contribution in [2.45, 2.75) is 36.5 Å². The fraction of sp³-hybridized carbons (Fsp3) is 1.00. The number of alkyl halides is 1. The van der Waals surface area contributed by atoms with Gasteiger partial charge in [-0.15, -0.1) is 0 Å². The van der Waals surface area contributed by atoms with E-state index < -0.39 is 0 Å². The summed E-state index contributed by atoms with van der Waals surface area (Å²) in [6.45, 7) is -0.130. The quantitative estimate of drug-likeness (QED) is 0.493. The molecule has 0 amide bonds.